The number of benzene rings is 2. The van der Waals surface area contributed by atoms with Crippen molar-refractivity contribution in [2.24, 2.45) is 0 Å². The summed E-state index contributed by atoms with van der Waals surface area (Å²) < 4.78 is 0. The molecule has 1 aromatic heterocycles. The van der Waals surface area contributed by atoms with E-state index in [2.05, 4.69) is 15.8 Å². The maximum Gasteiger partial charge on any atom is 0.269 e. The van der Waals surface area contributed by atoms with Gasteiger partial charge in [-0.2, -0.15) is 0 Å². The topological polar surface area (TPSA) is 71.1 Å². The monoisotopic (exact) mass is 423 g/mol. The Morgan fingerprint density at radius 1 is 1.00 bits per heavy atom. The number of hydrogen-bond acceptors (Lipinski definition) is 4. The summed E-state index contributed by atoms with van der Waals surface area (Å²) in [5, 5.41) is 0.712. The molecule has 0 radical (unpaired) electrons. The molecule has 0 aliphatic carbocycles. The van der Waals surface area contributed by atoms with Crippen LogP contribution in [-0.4, -0.2) is 16.8 Å². The Kier molecular flexibility index (Phi) is 7.44. The van der Waals surface area contributed by atoms with Gasteiger partial charge in [0.1, 0.15) is 0 Å². The van der Waals surface area contributed by atoms with E-state index in [4.69, 9.17) is 11.6 Å². The number of hydrazine groups is 1. The molecular weight excluding hydrogens is 406 g/mol. The van der Waals surface area contributed by atoms with E-state index in [1.54, 1.807) is 48.4 Å². The Bertz CT molecular complexity index is 991. The van der Waals surface area contributed by atoms with Crippen LogP contribution in [0.5, 0.6) is 0 Å². The first kappa shape index (κ1) is 20.6. The first-order chi connectivity index (χ1) is 14.1. The van der Waals surface area contributed by atoms with Crippen LogP contribution < -0.4 is 10.9 Å². The van der Waals surface area contributed by atoms with Gasteiger partial charge in [-0.15, -0.1) is 11.8 Å². The molecule has 3 aromatic rings. The number of rotatable bonds is 6. The van der Waals surface area contributed by atoms with Crippen molar-refractivity contribution < 1.29 is 9.59 Å². The molecule has 0 aliphatic rings. The number of carbonyl (C=O) groups is 2. The van der Waals surface area contributed by atoms with Gasteiger partial charge in [-0.25, -0.2) is 0 Å². The average Bonchev–Trinajstić information content (AvgIpc) is 2.76. The maximum atomic E-state index is 12.2. The molecule has 0 unspecified atom stereocenters. The van der Waals surface area contributed by atoms with E-state index < -0.39 is 5.91 Å². The van der Waals surface area contributed by atoms with Crippen molar-refractivity contribution in [3.63, 3.8) is 0 Å². The van der Waals surface area contributed by atoms with E-state index in [0.717, 1.165) is 21.8 Å². The summed E-state index contributed by atoms with van der Waals surface area (Å²) in [5.41, 5.74) is 7.09. The third kappa shape index (κ3) is 6.78. The minimum absolute atomic E-state index is 0.384. The zero-order chi connectivity index (χ0) is 20.5. The van der Waals surface area contributed by atoms with Crippen LogP contribution in [0.25, 0.3) is 6.08 Å². The fourth-order valence-corrected chi connectivity index (χ4v) is 3.31. The highest BCUT2D eigenvalue weighted by molar-refractivity contribution is 7.98. The third-order valence-electron chi connectivity index (χ3n) is 3.85. The van der Waals surface area contributed by atoms with Gasteiger partial charge in [-0.05, 0) is 59.7 Å². The van der Waals surface area contributed by atoms with E-state index in [0.29, 0.717) is 10.6 Å². The number of aromatic nitrogens is 1. The van der Waals surface area contributed by atoms with Crippen LogP contribution in [0.2, 0.25) is 5.02 Å². The van der Waals surface area contributed by atoms with Crippen molar-refractivity contribution in [2.45, 2.75) is 10.6 Å². The Hall–Kier alpha value is -3.09. The number of thioether (sulfide) groups is 1. The van der Waals surface area contributed by atoms with Crippen molar-refractivity contribution in [2.75, 3.05) is 0 Å². The zero-order valence-electron chi connectivity index (χ0n) is 15.3. The molecule has 0 spiro atoms. The molecule has 0 aliphatic heterocycles. The fourth-order valence-electron chi connectivity index (χ4n) is 2.33. The Labute approximate surface area is 178 Å². The van der Waals surface area contributed by atoms with E-state index in [1.165, 1.54) is 6.08 Å². The Morgan fingerprint density at radius 2 is 1.76 bits per heavy atom. The molecule has 146 valence electrons. The normalized spacial score (nSPS) is 10.7. The van der Waals surface area contributed by atoms with Crippen LogP contribution in [0.3, 0.4) is 0 Å². The smallest absolute Gasteiger partial charge is 0.268 e. The second kappa shape index (κ2) is 10.5. The molecule has 0 fully saturated rings. The summed E-state index contributed by atoms with van der Waals surface area (Å²) in [4.78, 5) is 29.1. The highest BCUT2D eigenvalue weighted by atomic mass is 35.5. The summed E-state index contributed by atoms with van der Waals surface area (Å²) >= 11 is 7.57. The Balaban J connectivity index is 1.46. The molecule has 0 atom stereocenters. The predicted molar refractivity (Wildman–Crippen MR) is 116 cm³/mol. The molecular formula is C22H18ClN3O2S. The van der Waals surface area contributed by atoms with Crippen LogP contribution in [0, 0.1) is 0 Å². The number of halogens is 1. The number of nitrogens with one attached hydrogen (secondary N) is 2. The van der Waals surface area contributed by atoms with Crippen LogP contribution in [-0.2, 0) is 10.5 Å². The van der Waals surface area contributed by atoms with Crippen LogP contribution in [0.15, 0.2) is 84.0 Å². The molecule has 0 bridgehead atoms. The van der Waals surface area contributed by atoms with Gasteiger partial charge in [0.15, 0.2) is 0 Å². The van der Waals surface area contributed by atoms with Gasteiger partial charge >= 0.3 is 0 Å². The van der Waals surface area contributed by atoms with Gasteiger partial charge in [0, 0.05) is 39.7 Å². The molecule has 1 heterocycles. The second-order valence-electron chi connectivity index (χ2n) is 6.00. The lowest BCUT2D eigenvalue weighted by molar-refractivity contribution is -0.117. The number of nitrogens with zero attached hydrogens (tertiary/aromatic N) is 1. The number of hydrogen-bond donors (Lipinski definition) is 2. The van der Waals surface area contributed by atoms with Gasteiger partial charge in [-0.3, -0.25) is 25.4 Å². The van der Waals surface area contributed by atoms with Gasteiger partial charge in [0.2, 0.25) is 0 Å². The minimum atomic E-state index is -0.432. The summed E-state index contributed by atoms with van der Waals surface area (Å²) in [5.74, 6) is -0.0393. The SMILES string of the molecule is O=C(C=Cc1cccnc1)NNC(=O)c1ccc(CSc2ccc(Cl)cc2)cc1. The molecule has 2 N–H and O–H groups in total. The van der Waals surface area contributed by atoms with Gasteiger partial charge in [0.05, 0.1) is 0 Å². The fraction of sp³-hybridized carbons (Fsp3) is 0.0455. The quantitative estimate of drug-likeness (QED) is 0.348. The standard InChI is InChI=1S/C22H18ClN3O2S/c23-19-8-10-20(11-9-19)29-15-17-3-6-18(7-4-17)22(28)26-25-21(27)12-5-16-2-1-13-24-14-16/h1-14H,15H2,(H,25,27)(H,26,28). The number of amides is 2. The average molecular weight is 424 g/mol. The van der Waals surface area contributed by atoms with Crippen molar-refractivity contribution in [1.82, 2.24) is 15.8 Å². The predicted octanol–water partition coefficient (Wildman–Crippen LogP) is 4.50. The molecule has 7 heteroatoms. The second-order valence-corrected chi connectivity index (χ2v) is 7.49. The molecule has 0 saturated carbocycles. The molecule has 2 amide bonds. The minimum Gasteiger partial charge on any atom is -0.268 e. The summed E-state index contributed by atoms with van der Waals surface area (Å²) in [6.07, 6.45) is 6.23. The third-order valence-corrected chi connectivity index (χ3v) is 5.18. The summed E-state index contributed by atoms with van der Waals surface area (Å²) in [6.45, 7) is 0. The molecule has 0 saturated heterocycles. The van der Waals surface area contributed by atoms with Crippen molar-refractivity contribution >= 4 is 41.3 Å². The van der Waals surface area contributed by atoms with Crippen molar-refractivity contribution in [3.8, 4) is 0 Å². The Morgan fingerprint density at radius 3 is 2.45 bits per heavy atom. The van der Waals surface area contributed by atoms with Gasteiger partial charge in [0.25, 0.3) is 11.8 Å². The van der Waals surface area contributed by atoms with E-state index in [1.807, 2.05) is 42.5 Å². The molecule has 3 rings (SSSR count). The van der Waals surface area contributed by atoms with E-state index >= 15 is 0 Å². The van der Waals surface area contributed by atoms with Crippen molar-refractivity contribution in [3.05, 3.63) is 101 Å². The molecule has 2 aromatic carbocycles. The lowest BCUT2D eigenvalue weighted by atomic mass is 10.1. The molecule has 5 nitrogen and oxygen atoms in total. The largest absolute Gasteiger partial charge is 0.269 e. The lowest BCUT2D eigenvalue weighted by Gasteiger charge is -2.07. The summed E-state index contributed by atoms with van der Waals surface area (Å²) in [6, 6.07) is 18.5. The number of pyridine rings is 1. The first-order valence-corrected chi connectivity index (χ1v) is 10.1. The van der Waals surface area contributed by atoms with E-state index in [9.17, 15) is 9.59 Å². The summed E-state index contributed by atoms with van der Waals surface area (Å²) in [7, 11) is 0. The van der Waals surface area contributed by atoms with Crippen LogP contribution >= 0.6 is 23.4 Å². The molecule has 29 heavy (non-hydrogen) atoms. The van der Waals surface area contributed by atoms with Gasteiger partial charge in [-0.1, -0.05) is 29.8 Å². The zero-order valence-corrected chi connectivity index (χ0v) is 16.9. The maximum absolute atomic E-state index is 12.2. The van der Waals surface area contributed by atoms with Crippen LogP contribution in [0.1, 0.15) is 21.5 Å². The van der Waals surface area contributed by atoms with Crippen LogP contribution in [0.4, 0.5) is 0 Å². The highest BCUT2D eigenvalue weighted by Gasteiger charge is 2.06. The number of carbonyl (C=O) groups excluding carboxylic acids is 2. The first-order valence-electron chi connectivity index (χ1n) is 8.76. The van der Waals surface area contributed by atoms with E-state index in [-0.39, 0.29) is 5.91 Å². The van der Waals surface area contributed by atoms with Crippen molar-refractivity contribution in [1.29, 1.82) is 0 Å². The van der Waals surface area contributed by atoms with Gasteiger partial charge < -0.3 is 0 Å². The highest BCUT2D eigenvalue weighted by Crippen LogP contribution is 2.24. The lowest BCUT2D eigenvalue weighted by Crippen LogP contribution is -2.40.